The van der Waals surface area contributed by atoms with Gasteiger partial charge in [-0.05, 0) is 30.7 Å². The molecule has 0 aliphatic heterocycles. The fraction of sp³-hybridized carbons (Fsp3) is 0.167. The minimum absolute atomic E-state index is 0.570. The molecule has 128 valence electrons. The summed E-state index contributed by atoms with van der Waals surface area (Å²) in [5, 5.41) is 13.9. The normalized spacial score (nSPS) is 11.5. The van der Waals surface area contributed by atoms with E-state index in [9.17, 15) is 0 Å². The first kappa shape index (κ1) is 16.5. The Balaban J connectivity index is 1.79. The third-order valence-electron chi connectivity index (χ3n) is 3.75. The summed E-state index contributed by atoms with van der Waals surface area (Å²) >= 11 is 0. The minimum atomic E-state index is 0.570. The summed E-state index contributed by atoms with van der Waals surface area (Å²) in [6, 6.07) is 7.60. The van der Waals surface area contributed by atoms with E-state index in [0.29, 0.717) is 29.3 Å². The SMILES string of the molecule is CCN/C=C(\C=N)c1ccc(N)c(NCc2ccc3nccn3c2)n1. The Hall–Kier alpha value is -3.35. The predicted molar refractivity (Wildman–Crippen MR) is 102 cm³/mol. The summed E-state index contributed by atoms with van der Waals surface area (Å²) in [4.78, 5) is 8.78. The molecule has 3 aromatic heterocycles. The Morgan fingerprint density at radius 1 is 1.32 bits per heavy atom. The number of pyridine rings is 2. The van der Waals surface area contributed by atoms with Gasteiger partial charge in [-0.1, -0.05) is 6.07 Å². The molecular weight excluding hydrogens is 314 g/mol. The maximum Gasteiger partial charge on any atom is 0.150 e. The van der Waals surface area contributed by atoms with E-state index in [0.717, 1.165) is 17.8 Å². The average molecular weight is 335 g/mol. The first-order chi connectivity index (χ1) is 12.2. The molecule has 7 heteroatoms. The molecule has 0 aliphatic rings. The molecule has 0 aliphatic carbocycles. The molecule has 0 unspecified atom stereocenters. The third kappa shape index (κ3) is 3.77. The fourth-order valence-corrected chi connectivity index (χ4v) is 2.43. The van der Waals surface area contributed by atoms with Gasteiger partial charge >= 0.3 is 0 Å². The number of hydrogen-bond donors (Lipinski definition) is 4. The second kappa shape index (κ2) is 7.48. The van der Waals surface area contributed by atoms with Crippen molar-refractivity contribution in [1.29, 1.82) is 5.41 Å². The molecule has 0 saturated heterocycles. The van der Waals surface area contributed by atoms with E-state index in [2.05, 4.69) is 20.6 Å². The highest BCUT2D eigenvalue weighted by atomic mass is 15.0. The average Bonchev–Trinajstić information content (AvgIpc) is 3.10. The van der Waals surface area contributed by atoms with Gasteiger partial charge in [0.2, 0.25) is 0 Å². The summed E-state index contributed by atoms with van der Waals surface area (Å²) in [5.41, 5.74) is 10.00. The van der Waals surface area contributed by atoms with Crippen molar-refractivity contribution in [1.82, 2.24) is 19.7 Å². The van der Waals surface area contributed by atoms with E-state index in [1.165, 1.54) is 6.21 Å². The first-order valence-corrected chi connectivity index (χ1v) is 8.07. The Morgan fingerprint density at radius 3 is 3.00 bits per heavy atom. The number of nitrogens with two attached hydrogens (primary N) is 1. The lowest BCUT2D eigenvalue weighted by atomic mass is 10.2. The molecule has 0 bridgehead atoms. The Morgan fingerprint density at radius 2 is 2.20 bits per heavy atom. The van der Waals surface area contributed by atoms with Gasteiger partial charge in [-0.2, -0.15) is 0 Å². The topological polar surface area (TPSA) is 104 Å². The summed E-state index contributed by atoms with van der Waals surface area (Å²) in [6.45, 7) is 3.37. The van der Waals surface area contributed by atoms with Crippen LogP contribution in [0.3, 0.4) is 0 Å². The van der Waals surface area contributed by atoms with Gasteiger partial charge in [0.25, 0.3) is 0 Å². The van der Waals surface area contributed by atoms with Gasteiger partial charge in [-0.15, -0.1) is 0 Å². The Kier molecular flexibility index (Phi) is 4.94. The molecule has 25 heavy (non-hydrogen) atoms. The third-order valence-corrected chi connectivity index (χ3v) is 3.75. The number of aromatic nitrogens is 3. The van der Waals surface area contributed by atoms with E-state index in [1.807, 2.05) is 41.9 Å². The number of nitrogens with one attached hydrogen (secondary N) is 3. The summed E-state index contributed by atoms with van der Waals surface area (Å²) in [6.07, 6.45) is 8.75. The number of nitrogen functional groups attached to an aromatic ring is 1. The van der Waals surface area contributed by atoms with Gasteiger partial charge in [0.15, 0.2) is 0 Å². The van der Waals surface area contributed by atoms with Crippen molar-refractivity contribution in [3.05, 3.63) is 60.3 Å². The van der Waals surface area contributed by atoms with Crippen LogP contribution in [0.5, 0.6) is 0 Å². The van der Waals surface area contributed by atoms with E-state index < -0.39 is 0 Å². The maximum absolute atomic E-state index is 7.56. The van der Waals surface area contributed by atoms with E-state index >= 15 is 0 Å². The molecule has 3 rings (SSSR count). The van der Waals surface area contributed by atoms with Crippen LogP contribution < -0.4 is 16.4 Å². The van der Waals surface area contributed by atoms with Crippen molar-refractivity contribution in [3.8, 4) is 0 Å². The molecule has 0 amide bonds. The predicted octanol–water partition coefficient (Wildman–Crippen LogP) is 2.52. The van der Waals surface area contributed by atoms with Crippen LogP contribution in [0.4, 0.5) is 11.5 Å². The Labute approximate surface area is 146 Å². The molecule has 7 nitrogen and oxygen atoms in total. The van der Waals surface area contributed by atoms with Crippen LogP contribution in [0.2, 0.25) is 0 Å². The molecule has 0 radical (unpaired) electrons. The van der Waals surface area contributed by atoms with Gasteiger partial charge in [0.05, 0.1) is 11.4 Å². The number of hydrogen-bond acceptors (Lipinski definition) is 6. The molecule has 0 atom stereocenters. The number of rotatable bonds is 7. The van der Waals surface area contributed by atoms with Crippen LogP contribution in [-0.2, 0) is 6.54 Å². The lowest BCUT2D eigenvalue weighted by molar-refractivity contribution is 0.922. The number of allylic oxidation sites excluding steroid dienone is 1. The molecule has 3 heterocycles. The number of imidazole rings is 1. The van der Waals surface area contributed by atoms with Crippen molar-refractivity contribution in [2.45, 2.75) is 13.5 Å². The molecule has 3 aromatic rings. The van der Waals surface area contributed by atoms with Crippen LogP contribution in [0.25, 0.3) is 11.2 Å². The lowest BCUT2D eigenvalue weighted by Crippen LogP contribution is -2.08. The van der Waals surface area contributed by atoms with Crippen LogP contribution >= 0.6 is 0 Å². The second-order valence-corrected chi connectivity index (χ2v) is 5.52. The largest absolute Gasteiger partial charge is 0.396 e. The van der Waals surface area contributed by atoms with Crippen molar-refractivity contribution in [3.63, 3.8) is 0 Å². The first-order valence-electron chi connectivity index (χ1n) is 8.07. The fourth-order valence-electron chi connectivity index (χ4n) is 2.43. The molecule has 0 spiro atoms. The number of fused-ring (bicyclic) bond motifs is 1. The number of anilines is 2. The standard InChI is InChI=1S/C18H21N7/c1-2-21-11-14(9-19)16-5-4-15(20)18(24-16)23-10-13-3-6-17-22-7-8-25(17)12-13/h3-9,11-12,19,21H,2,10,20H2,1H3,(H,23,24)/b14-11+,19-9?. The van der Waals surface area contributed by atoms with Gasteiger partial charge in [-0.3, -0.25) is 0 Å². The van der Waals surface area contributed by atoms with Crippen LogP contribution in [0.15, 0.2) is 49.1 Å². The second-order valence-electron chi connectivity index (χ2n) is 5.52. The highest BCUT2D eigenvalue weighted by Crippen LogP contribution is 2.20. The van der Waals surface area contributed by atoms with Crippen LogP contribution in [-0.4, -0.2) is 27.1 Å². The lowest BCUT2D eigenvalue weighted by Gasteiger charge is -2.11. The van der Waals surface area contributed by atoms with Crippen molar-refractivity contribution >= 4 is 28.9 Å². The Bertz CT molecular complexity index is 911. The zero-order chi connectivity index (χ0) is 17.6. The molecular formula is C18H21N7. The van der Waals surface area contributed by atoms with Gasteiger partial charge in [0, 0.05) is 49.7 Å². The van der Waals surface area contributed by atoms with Crippen LogP contribution in [0.1, 0.15) is 18.2 Å². The van der Waals surface area contributed by atoms with E-state index in [1.54, 1.807) is 18.5 Å². The summed E-state index contributed by atoms with van der Waals surface area (Å²) in [7, 11) is 0. The zero-order valence-corrected chi connectivity index (χ0v) is 14.0. The zero-order valence-electron chi connectivity index (χ0n) is 14.0. The van der Waals surface area contributed by atoms with Gasteiger partial charge < -0.3 is 26.2 Å². The molecule has 0 saturated carbocycles. The maximum atomic E-state index is 7.56. The quantitative estimate of drug-likeness (QED) is 0.497. The smallest absolute Gasteiger partial charge is 0.150 e. The highest BCUT2D eigenvalue weighted by molar-refractivity contribution is 6.07. The number of nitrogens with zero attached hydrogens (tertiary/aromatic N) is 3. The van der Waals surface area contributed by atoms with Crippen molar-refractivity contribution in [2.24, 2.45) is 0 Å². The molecule has 0 fully saturated rings. The summed E-state index contributed by atoms with van der Waals surface area (Å²) in [5.74, 6) is 0.604. The minimum Gasteiger partial charge on any atom is -0.396 e. The summed E-state index contributed by atoms with van der Waals surface area (Å²) < 4.78 is 1.97. The van der Waals surface area contributed by atoms with Crippen molar-refractivity contribution in [2.75, 3.05) is 17.6 Å². The van der Waals surface area contributed by atoms with E-state index in [4.69, 9.17) is 11.1 Å². The van der Waals surface area contributed by atoms with Crippen LogP contribution in [0, 0.1) is 5.41 Å². The van der Waals surface area contributed by atoms with Gasteiger partial charge in [-0.25, -0.2) is 9.97 Å². The van der Waals surface area contributed by atoms with E-state index in [-0.39, 0.29) is 0 Å². The highest BCUT2D eigenvalue weighted by Gasteiger charge is 2.06. The molecule has 5 N–H and O–H groups in total. The van der Waals surface area contributed by atoms with Crippen molar-refractivity contribution < 1.29 is 0 Å². The van der Waals surface area contributed by atoms with Gasteiger partial charge in [0.1, 0.15) is 11.5 Å². The molecule has 0 aromatic carbocycles. The monoisotopic (exact) mass is 335 g/mol.